The number of Topliss-reactive ketones (excluding diaryl/α,β-unsaturated/α-hetero) is 1. The van der Waals surface area contributed by atoms with Crippen LogP contribution in [0.15, 0.2) is 0 Å². The molecule has 3 heterocycles. The van der Waals surface area contributed by atoms with Crippen LogP contribution in [0, 0.1) is 23.7 Å². The number of aliphatic hydroxyl groups excluding tert-OH is 3. The van der Waals surface area contributed by atoms with E-state index in [4.69, 9.17) is 43.0 Å². The minimum atomic E-state index is -3.04. The van der Waals surface area contributed by atoms with Gasteiger partial charge in [-0.1, -0.05) is 27.7 Å². The largest absolute Gasteiger partial charge is 0.459 e. The Labute approximate surface area is 301 Å². The van der Waals surface area contributed by atoms with Crippen molar-refractivity contribution in [2.75, 3.05) is 14.1 Å². The zero-order valence-corrected chi connectivity index (χ0v) is 31.5. The van der Waals surface area contributed by atoms with Crippen LogP contribution in [0.2, 0.25) is 0 Å². The van der Waals surface area contributed by atoms with Crippen LogP contribution < -0.4 is 5.73 Å². The first kappa shape index (κ1) is 38.4. The van der Waals surface area contributed by atoms with E-state index in [2.05, 4.69) is 0 Å². The number of aliphatic hydroxyl groups is 4. The van der Waals surface area contributed by atoms with Crippen LogP contribution in [-0.2, 0) is 42.7 Å². The van der Waals surface area contributed by atoms with Crippen molar-refractivity contribution in [2.45, 2.75) is 179 Å². The van der Waals surface area contributed by atoms with Gasteiger partial charge in [0.1, 0.15) is 29.7 Å². The fraction of sp³-hybridized carbons (Fsp3) is 0.944. The van der Waals surface area contributed by atoms with Gasteiger partial charge >= 0.3 is 5.97 Å². The summed E-state index contributed by atoms with van der Waals surface area (Å²) in [5.41, 5.74) is 1.18. The lowest BCUT2D eigenvalue weighted by atomic mass is 9.74. The zero-order chi connectivity index (χ0) is 40.6. The highest BCUT2D eigenvalue weighted by Gasteiger charge is 2.53. The van der Waals surface area contributed by atoms with Crippen LogP contribution in [0.5, 0.6) is 0 Å². The second-order valence-electron chi connectivity index (χ2n) is 15.7. The monoisotopic (exact) mass is 722 g/mol. The number of hydrogen-bond donors (Lipinski definition) is 5. The van der Waals surface area contributed by atoms with Gasteiger partial charge in [0.2, 0.25) is 0 Å². The lowest BCUT2D eigenvalue weighted by molar-refractivity contribution is -0.316. The summed E-state index contributed by atoms with van der Waals surface area (Å²) < 4.78 is 67.3. The highest BCUT2D eigenvalue weighted by molar-refractivity contribution is 5.83. The van der Waals surface area contributed by atoms with Crippen molar-refractivity contribution in [3.63, 3.8) is 0 Å². The van der Waals surface area contributed by atoms with Crippen molar-refractivity contribution in [1.29, 1.82) is 0 Å². The third kappa shape index (κ3) is 8.90. The lowest BCUT2D eigenvalue weighted by Crippen LogP contribution is -2.61. The molecule has 0 aromatic rings. The number of carbonyl (C=O) groups excluding carboxylic acids is 2. The maximum absolute atomic E-state index is 14.2. The van der Waals surface area contributed by atoms with E-state index in [0.717, 1.165) is 0 Å². The molecule has 0 bridgehead atoms. The molecule has 0 unspecified atom stereocenters. The van der Waals surface area contributed by atoms with Crippen molar-refractivity contribution in [3.05, 3.63) is 0 Å². The van der Waals surface area contributed by atoms with Gasteiger partial charge in [0, 0.05) is 44.4 Å². The van der Waals surface area contributed by atoms with Gasteiger partial charge in [-0.2, -0.15) is 0 Å². The molecule has 14 nitrogen and oxygen atoms in total. The molecule has 292 valence electrons. The van der Waals surface area contributed by atoms with Gasteiger partial charge in [-0.15, -0.1) is 0 Å². The van der Waals surface area contributed by atoms with Gasteiger partial charge in [-0.05, 0) is 60.8 Å². The Morgan fingerprint density at radius 3 is 2.14 bits per heavy atom. The van der Waals surface area contributed by atoms with Gasteiger partial charge in [0.05, 0.1) is 51.8 Å². The fourth-order valence-electron chi connectivity index (χ4n) is 8.03. The molecule has 3 aliphatic rings. The molecule has 3 fully saturated rings. The number of rotatable bonds is 7. The SMILES string of the molecule is [2H]C([2H])([2H])O[C@]1(C)C[C@@H](C)C(=O)[C@H](C)[C@@H](O)[C@](C)(O)[C@@H](CC)OC(=O)[C@H](C)[C@@H](O[C@H]2C[C@@](C)(OC)[C@@H](O)[C@H](C)O2)[C@H](C)[C@H]1O[C@@H]1O[C@H](C)C[C@H](N)[C@H]1O. The Hall–Kier alpha value is -1.30. The third-order valence-corrected chi connectivity index (χ3v) is 11.4. The summed E-state index contributed by atoms with van der Waals surface area (Å²) >= 11 is 0. The molecule has 0 saturated carbocycles. The lowest BCUT2D eigenvalue weighted by Gasteiger charge is -2.49. The minimum Gasteiger partial charge on any atom is -0.459 e. The number of ketones is 1. The predicted molar refractivity (Wildman–Crippen MR) is 182 cm³/mol. The van der Waals surface area contributed by atoms with E-state index >= 15 is 0 Å². The summed E-state index contributed by atoms with van der Waals surface area (Å²) in [7, 11) is -1.60. The van der Waals surface area contributed by atoms with Crippen LogP contribution in [0.3, 0.4) is 0 Å². The molecule has 6 N–H and O–H groups in total. The maximum Gasteiger partial charge on any atom is 0.311 e. The topological polar surface area (TPSA) is 206 Å². The van der Waals surface area contributed by atoms with Gasteiger partial charge < -0.3 is 59.3 Å². The molecule has 0 amide bonds. The zero-order valence-electron chi connectivity index (χ0n) is 34.5. The average Bonchev–Trinajstić information content (AvgIpc) is 3.05. The van der Waals surface area contributed by atoms with E-state index in [1.165, 1.54) is 34.8 Å². The molecule has 3 rings (SSSR count). The summed E-state index contributed by atoms with van der Waals surface area (Å²) in [6.07, 6.45) is -11.5. The molecular formula is C36H65NO13. The number of methoxy groups -OCH3 is 2. The number of ether oxygens (including phenoxy) is 7. The number of nitrogens with two attached hydrogens (primary N) is 1. The Morgan fingerprint density at radius 1 is 0.920 bits per heavy atom. The second-order valence-corrected chi connectivity index (χ2v) is 15.7. The molecule has 3 aliphatic heterocycles. The predicted octanol–water partition coefficient (Wildman–Crippen LogP) is 1.84. The molecule has 0 spiro atoms. The van der Waals surface area contributed by atoms with Crippen molar-refractivity contribution in [2.24, 2.45) is 29.4 Å². The van der Waals surface area contributed by atoms with Crippen LogP contribution in [-0.4, -0.2) is 131 Å². The van der Waals surface area contributed by atoms with Crippen LogP contribution in [0.25, 0.3) is 0 Å². The van der Waals surface area contributed by atoms with Crippen molar-refractivity contribution in [3.8, 4) is 0 Å². The Bertz CT molecular complexity index is 1240. The molecule has 3 saturated heterocycles. The van der Waals surface area contributed by atoms with Gasteiger partial charge in [0.25, 0.3) is 0 Å². The molecule has 0 aliphatic carbocycles. The normalized spacial score (nSPS) is 51.5. The van der Waals surface area contributed by atoms with Crippen LogP contribution in [0.1, 0.15) is 99.0 Å². The standard InChI is InChI=1S/C36H65NO13/c1-13-24-36(10,43)29(40)19(4)26(38)17(2)15-35(9,45-12)31(50-33-27(39)23(37)14-18(3)46-33)20(5)28(21(6)32(42)48-24)49-25-16-34(8,44-11)30(41)22(7)47-25/h17-25,27-31,33,39-41,43H,13-16,37H2,1-12H3/t17-,18-,19+,20+,21-,22+,23+,24-,25+,27-,28+,29-,30+,31-,33+,34-,35-,36-/m1/s1/i12D3. The Morgan fingerprint density at radius 2 is 1.56 bits per heavy atom. The molecule has 0 aromatic heterocycles. The molecule has 0 radical (unpaired) electrons. The highest BCUT2D eigenvalue weighted by Crippen LogP contribution is 2.41. The Balaban J connectivity index is 2.29. The molecule has 50 heavy (non-hydrogen) atoms. The molecular weight excluding hydrogens is 654 g/mol. The highest BCUT2D eigenvalue weighted by atomic mass is 16.7. The van der Waals surface area contributed by atoms with E-state index in [1.54, 1.807) is 41.5 Å². The number of cyclic esters (lactones) is 1. The van der Waals surface area contributed by atoms with Crippen LogP contribution >= 0.6 is 0 Å². The summed E-state index contributed by atoms with van der Waals surface area (Å²) in [6, 6.07) is -0.759. The van der Waals surface area contributed by atoms with E-state index in [9.17, 15) is 30.0 Å². The smallest absolute Gasteiger partial charge is 0.311 e. The number of hydrogen-bond acceptors (Lipinski definition) is 14. The summed E-state index contributed by atoms with van der Waals surface area (Å²) in [6.45, 7) is 15.7. The first-order chi connectivity index (χ1) is 24.2. The van der Waals surface area contributed by atoms with E-state index in [1.807, 2.05) is 0 Å². The van der Waals surface area contributed by atoms with Crippen LogP contribution in [0.4, 0.5) is 0 Å². The minimum absolute atomic E-state index is 0.0211. The maximum atomic E-state index is 14.2. The first-order valence-electron chi connectivity index (χ1n) is 19.4. The number of carbonyl (C=O) groups is 2. The van der Waals surface area contributed by atoms with E-state index in [-0.39, 0.29) is 19.3 Å². The second kappa shape index (κ2) is 16.8. The van der Waals surface area contributed by atoms with Crippen molar-refractivity contribution >= 4 is 11.8 Å². The van der Waals surface area contributed by atoms with E-state index < -0.39 is 127 Å². The van der Waals surface area contributed by atoms with Crippen molar-refractivity contribution in [1.82, 2.24) is 0 Å². The summed E-state index contributed by atoms with van der Waals surface area (Å²) in [5, 5.41) is 45.1. The third-order valence-electron chi connectivity index (χ3n) is 11.4. The molecule has 18 atom stereocenters. The Kier molecular flexibility index (Phi) is 12.9. The number of esters is 1. The summed E-state index contributed by atoms with van der Waals surface area (Å²) in [4.78, 5) is 28.2. The molecule has 0 aromatic carbocycles. The quantitative estimate of drug-likeness (QED) is 0.238. The molecule has 14 heteroatoms. The average molecular weight is 723 g/mol. The van der Waals surface area contributed by atoms with Gasteiger partial charge in [-0.3, -0.25) is 9.59 Å². The fourth-order valence-corrected chi connectivity index (χ4v) is 8.03. The van der Waals surface area contributed by atoms with Gasteiger partial charge in [0.15, 0.2) is 12.6 Å². The first-order valence-corrected chi connectivity index (χ1v) is 17.9. The van der Waals surface area contributed by atoms with Gasteiger partial charge in [-0.25, -0.2) is 0 Å². The van der Waals surface area contributed by atoms with Crippen molar-refractivity contribution < 1.29 is 67.3 Å². The van der Waals surface area contributed by atoms with E-state index in [0.29, 0.717) is 6.42 Å². The summed E-state index contributed by atoms with van der Waals surface area (Å²) in [5.74, 6) is -5.71.